The minimum atomic E-state index is -0.621. The predicted molar refractivity (Wildman–Crippen MR) is 111 cm³/mol. The Balaban J connectivity index is 1.68. The van der Waals surface area contributed by atoms with Gasteiger partial charge in [0, 0.05) is 13.1 Å². The molecule has 0 saturated carbocycles. The van der Waals surface area contributed by atoms with Crippen LogP contribution in [0.3, 0.4) is 0 Å². The first-order valence-corrected chi connectivity index (χ1v) is 9.96. The lowest BCUT2D eigenvalue weighted by Crippen LogP contribution is -2.42. The highest BCUT2D eigenvalue weighted by molar-refractivity contribution is 5.79. The van der Waals surface area contributed by atoms with Gasteiger partial charge in [-0.15, -0.1) is 0 Å². The van der Waals surface area contributed by atoms with E-state index < -0.39 is 5.82 Å². The van der Waals surface area contributed by atoms with Gasteiger partial charge in [0.05, 0.1) is 12.6 Å². The zero-order chi connectivity index (χ0) is 19.8. The summed E-state index contributed by atoms with van der Waals surface area (Å²) in [5, 5.41) is 16.0. The van der Waals surface area contributed by atoms with Gasteiger partial charge in [-0.3, -0.25) is 4.90 Å². The average Bonchev–Trinajstić information content (AvgIpc) is 3.24. The molecule has 1 atom stereocenters. The smallest absolute Gasteiger partial charge is 0.191 e. The molecular formula is C22H29FN4O. The summed E-state index contributed by atoms with van der Waals surface area (Å²) >= 11 is 0. The third-order valence-electron chi connectivity index (χ3n) is 5.00. The van der Waals surface area contributed by atoms with Crippen LogP contribution in [0.5, 0.6) is 5.75 Å². The van der Waals surface area contributed by atoms with Crippen LogP contribution >= 0.6 is 0 Å². The van der Waals surface area contributed by atoms with Gasteiger partial charge < -0.3 is 15.7 Å². The Morgan fingerprint density at radius 1 is 1.14 bits per heavy atom. The van der Waals surface area contributed by atoms with E-state index >= 15 is 0 Å². The number of benzene rings is 2. The summed E-state index contributed by atoms with van der Waals surface area (Å²) in [6.07, 6.45) is 2.48. The summed E-state index contributed by atoms with van der Waals surface area (Å²) in [5.41, 5.74) is 2.01. The van der Waals surface area contributed by atoms with Crippen molar-refractivity contribution in [3.8, 4) is 5.75 Å². The maximum absolute atomic E-state index is 13.5. The van der Waals surface area contributed by atoms with E-state index in [9.17, 15) is 9.50 Å². The number of phenolic OH excluding ortho intramolecular Hbond substituents is 1. The molecule has 1 aliphatic heterocycles. The summed E-state index contributed by atoms with van der Waals surface area (Å²) in [6, 6.07) is 15.2. The largest absolute Gasteiger partial charge is 0.505 e. The molecule has 1 saturated heterocycles. The Kier molecular flexibility index (Phi) is 7.25. The molecule has 0 amide bonds. The molecule has 6 heteroatoms. The number of aromatic hydroxyl groups is 1. The van der Waals surface area contributed by atoms with Crippen LogP contribution in [0, 0.1) is 5.82 Å². The molecule has 1 aliphatic rings. The molecule has 1 heterocycles. The third kappa shape index (κ3) is 5.45. The molecule has 0 aliphatic carbocycles. The first-order chi connectivity index (χ1) is 13.7. The fraction of sp³-hybridized carbons (Fsp3) is 0.409. The van der Waals surface area contributed by atoms with E-state index in [0.29, 0.717) is 24.1 Å². The second kappa shape index (κ2) is 10.1. The molecule has 0 spiro atoms. The number of aliphatic imine (C=N–C) groups is 1. The van der Waals surface area contributed by atoms with Crippen LogP contribution in [0.4, 0.5) is 4.39 Å². The second-order valence-corrected chi connectivity index (χ2v) is 7.03. The summed E-state index contributed by atoms with van der Waals surface area (Å²) < 4.78 is 13.5. The third-order valence-corrected chi connectivity index (χ3v) is 5.00. The van der Waals surface area contributed by atoms with Crippen molar-refractivity contribution in [1.29, 1.82) is 0 Å². The lowest BCUT2D eigenvalue weighted by Gasteiger charge is -2.29. The first kappa shape index (κ1) is 20.1. The topological polar surface area (TPSA) is 59.9 Å². The standard InChI is InChI=1S/C22H29FN4O/c1-2-24-22(25-15-17-10-11-21(28)19(23)14-17)26-16-20(27-12-6-7-13-27)18-8-4-3-5-9-18/h3-5,8-11,14,20,28H,2,6-7,12-13,15-16H2,1H3,(H2,24,25,26). The van der Waals surface area contributed by atoms with E-state index in [-0.39, 0.29) is 5.75 Å². The van der Waals surface area contributed by atoms with Crippen molar-refractivity contribution < 1.29 is 9.50 Å². The van der Waals surface area contributed by atoms with Crippen LogP contribution in [0.2, 0.25) is 0 Å². The van der Waals surface area contributed by atoms with Gasteiger partial charge in [-0.1, -0.05) is 36.4 Å². The zero-order valence-electron chi connectivity index (χ0n) is 16.4. The van der Waals surface area contributed by atoms with Gasteiger partial charge >= 0.3 is 0 Å². The first-order valence-electron chi connectivity index (χ1n) is 9.96. The predicted octanol–water partition coefficient (Wildman–Crippen LogP) is 3.42. The van der Waals surface area contributed by atoms with Crippen LogP contribution < -0.4 is 10.6 Å². The van der Waals surface area contributed by atoms with Crippen molar-refractivity contribution in [3.05, 3.63) is 65.5 Å². The number of nitrogens with zero attached hydrogens (tertiary/aromatic N) is 2. The lowest BCUT2D eigenvalue weighted by molar-refractivity contribution is 0.245. The number of rotatable bonds is 7. The number of likely N-dealkylation sites (tertiary alicyclic amines) is 1. The Morgan fingerprint density at radius 2 is 1.89 bits per heavy atom. The zero-order valence-corrected chi connectivity index (χ0v) is 16.4. The molecule has 2 aromatic rings. The van der Waals surface area contributed by atoms with Gasteiger partial charge in [0.1, 0.15) is 0 Å². The van der Waals surface area contributed by atoms with Gasteiger partial charge in [-0.2, -0.15) is 0 Å². The number of halogens is 1. The molecule has 0 bridgehead atoms. The van der Waals surface area contributed by atoms with Crippen LogP contribution in [0.15, 0.2) is 53.5 Å². The van der Waals surface area contributed by atoms with Crippen LogP contribution in [0.1, 0.15) is 36.9 Å². The van der Waals surface area contributed by atoms with Crippen LogP contribution in [-0.4, -0.2) is 42.1 Å². The van der Waals surface area contributed by atoms with E-state index in [2.05, 4.69) is 44.8 Å². The summed E-state index contributed by atoms with van der Waals surface area (Å²) in [4.78, 5) is 7.09. The van der Waals surface area contributed by atoms with Gasteiger partial charge in [0.15, 0.2) is 17.5 Å². The van der Waals surface area contributed by atoms with E-state index in [0.717, 1.165) is 26.2 Å². The molecular weight excluding hydrogens is 355 g/mol. The number of guanidine groups is 1. The molecule has 5 nitrogen and oxygen atoms in total. The van der Waals surface area contributed by atoms with E-state index in [1.54, 1.807) is 6.07 Å². The van der Waals surface area contributed by atoms with Crippen molar-refractivity contribution >= 4 is 5.96 Å². The molecule has 150 valence electrons. The Bertz CT molecular complexity index is 775. The highest BCUT2D eigenvalue weighted by Crippen LogP contribution is 2.24. The van der Waals surface area contributed by atoms with Crippen molar-refractivity contribution in [2.75, 3.05) is 26.2 Å². The SMILES string of the molecule is CCNC(=NCc1ccc(O)c(F)c1)NCC(c1ccccc1)N1CCCC1. The van der Waals surface area contributed by atoms with Gasteiger partial charge in [-0.25, -0.2) is 9.38 Å². The Morgan fingerprint density at radius 3 is 2.57 bits per heavy atom. The maximum Gasteiger partial charge on any atom is 0.191 e. The lowest BCUT2D eigenvalue weighted by atomic mass is 10.1. The van der Waals surface area contributed by atoms with E-state index in [1.165, 1.54) is 30.5 Å². The number of nitrogens with one attached hydrogen (secondary N) is 2. The highest BCUT2D eigenvalue weighted by atomic mass is 19.1. The number of phenols is 1. The van der Waals surface area contributed by atoms with Crippen LogP contribution in [-0.2, 0) is 6.54 Å². The average molecular weight is 384 g/mol. The van der Waals surface area contributed by atoms with Gasteiger partial charge in [-0.05, 0) is 56.1 Å². The van der Waals surface area contributed by atoms with Gasteiger partial charge in [0.2, 0.25) is 0 Å². The fourth-order valence-electron chi connectivity index (χ4n) is 3.54. The molecule has 1 fully saturated rings. The summed E-state index contributed by atoms with van der Waals surface area (Å²) in [5.74, 6) is -0.256. The van der Waals surface area contributed by atoms with E-state index in [1.807, 2.05) is 13.0 Å². The fourth-order valence-corrected chi connectivity index (χ4v) is 3.54. The maximum atomic E-state index is 13.5. The monoisotopic (exact) mass is 384 g/mol. The number of hydrogen-bond donors (Lipinski definition) is 3. The second-order valence-electron chi connectivity index (χ2n) is 7.03. The molecule has 28 heavy (non-hydrogen) atoms. The number of hydrogen-bond acceptors (Lipinski definition) is 3. The summed E-state index contributed by atoms with van der Waals surface area (Å²) in [7, 11) is 0. The molecule has 3 N–H and O–H groups in total. The van der Waals surface area contributed by atoms with Crippen LogP contribution in [0.25, 0.3) is 0 Å². The van der Waals surface area contributed by atoms with Crippen molar-refractivity contribution in [2.45, 2.75) is 32.4 Å². The minimum absolute atomic E-state index is 0.290. The van der Waals surface area contributed by atoms with Crippen molar-refractivity contribution in [1.82, 2.24) is 15.5 Å². The normalized spacial score (nSPS) is 16.1. The molecule has 3 rings (SSSR count). The van der Waals surface area contributed by atoms with Crippen molar-refractivity contribution in [2.24, 2.45) is 4.99 Å². The quantitative estimate of drug-likeness (QED) is 0.506. The molecule has 1 unspecified atom stereocenters. The highest BCUT2D eigenvalue weighted by Gasteiger charge is 2.23. The Labute approximate surface area is 166 Å². The van der Waals surface area contributed by atoms with Gasteiger partial charge in [0.25, 0.3) is 0 Å². The minimum Gasteiger partial charge on any atom is -0.505 e. The van der Waals surface area contributed by atoms with E-state index in [4.69, 9.17) is 0 Å². The van der Waals surface area contributed by atoms with Crippen molar-refractivity contribution in [3.63, 3.8) is 0 Å². The Hall–Kier alpha value is -2.60. The molecule has 0 aromatic heterocycles. The summed E-state index contributed by atoms with van der Waals surface area (Å²) in [6.45, 7) is 6.08. The molecule has 2 aromatic carbocycles. The molecule has 0 radical (unpaired) electrons.